The number of hydrogen-bond donors (Lipinski definition) is 1. The molecule has 50 valence electrons. The third kappa shape index (κ3) is 2.20. The van der Waals surface area contributed by atoms with Gasteiger partial charge in [0.05, 0.1) is 0 Å². The molecule has 0 aromatic rings. The van der Waals surface area contributed by atoms with E-state index in [1.54, 1.807) is 0 Å². The van der Waals surface area contributed by atoms with E-state index in [2.05, 4.69) is 9.05 Å². The minimum atomic E-state index is -2.27. The van der Waals surface area contributed by atoms with E-state index in [4.69, 9.17) is 16.9 Å². The van der Waals surface area contributed by atoms with Crippen LogP contribution < -0.4 is 0 Å². The SMILES string of the molecule is COP(=S)(CO)OC. The van der Waals surface area contributed by atoms with Crippen molar-refractivity contribution in [2.75, 3.05) is 20.6 Å². The molecule has 0 aromatic carbocycles. The maximum absolute atomic E-state index is 8.48. The van der Waals surface area contributed by atoms with Crippen LogP contribution in [0.5, 0.6) is 0 Å². The number of hydrogen-bond acceptors (Lipinski definition) is 4. The smallest absolute Gasteiger partial charge is 0.213 e. The van der Waals surface area contributed by atoms with Gasteiger partial charge in [-0.2, -0.15) is 0 Å². The maximum Gasteiger partial charge on any atom is 0.213 e. The zero-order valence-electron chi connectivity index (χ0n) is 4.83. The first-order valence-corrected chi connectivity index (χ1v) is 4.82. The molecule has 0 aliphatic carbocycles. The van der Waals surface area contributed by atoms with Crippen molar-refractivity contribution in [2.45, 2.75) is 0 Å². The second kappa shape index (κ2) is 3.54. The van der Waals surface area contributed by atoms with Gasteiger partial charge in [0.1, 0.15) is 6.35 Å². The summed E-state index contributed by atoms with van der Waals surface area (Å²) < 4.78 is 9.38. The number of aliphatic hydroxyl groups is 1. The van der Waals surface area contributed by atoms with Crippen LogP contribution in [0.3, 0.4) is 0 Å². The molecule has 0 saturated carbocycles. The van der Waals surface area contributed by atoms with Gasteiger partial charge >= 0.3 is 0 Å². The summed E-state index contributed by atoms with van der Waals surface area (Å²) in [6, 6.07) is 0. The maximum atomic E-state index is 8.48. The Morgan fingerprint density at radius 1 is 1.50 bits per heavy atom. The average molecular weight is 156 g/mol. The monoisotopic (exact) mass is 156 g/mol. The largest absolute Gasteiger partial charge is 0.386 e. The highest BCUT2D eigenvalue weighted by atomic mass is 32.5. The minimum Gasteiger partial charge on any atom is -0.386 e. The van der Waals surface area contributed by atoms with Gasteiger partial charge in [0.25, 0.3) is 0 Å². The summed E-state index contributed by atoms with van der Waals surface area (Å²) in [6.07, 6.45) is -0.199. The van der Waals surface area contributed by atoms with E-state index in [-0.39, 0.29) is 6.35 Å². The Morgan fingerprint density at radius 2 is 1.88 bits per heavy atom. The van der Waals surface area contributed by atoms with Gasteiger partial charge in [-0.15, -0.1) is 0 Å². The summed E-state index contributed by atoms with van der Waals surface area (Å²) in [5.74, 6) is 0. The average Bonchev–Trinajstić information content (AvgIpc) is 1.87. The molecule has 0 atom stereocenters. The molecule has 0 amide bonds. The van der Waals surface area contributed by atoms with Gasteiger partial charge in [-0.1, -0.05) is 0 Å². The summed E-state index contributed by atoms with van der Waals surface area (Å²) >= 11 is 4.72. The van der Waals surface area contributed by atoms with Crippen LogP contribution in [0.2, 0.25) is 0 Å². The summed E-state index contributed by atoms with van der Waals surface area (Å²) in [6.45, 7) is -2.27. The lowest BCUT2D eigenvalue weighted by molar-refractivity contribution is 0.280. The van der Waals surface area contributed by atoms with Crippen molar-refractivity contribution >= 4 is 18.3 Å². The number of rotatable bonds is 3. The Balaban J connectivity index is 3.79. The van der Waals surface area contributed by atoms with Gasteiger partial charge in [0.15, 0.2) is 0 Å². The topological polar surface area (TPSA) is 38.7 Å². The van der Waals surface area contributed by atoms with E-state index in [1.165, 1.54) is 14.2 Å². The third-order valence-corrected chi connectivity index (χ3v) is 3.43. The van der Waals surface area contributed by atoms with Crippen LogP contribution in [0.4, 0.5) is 0 Å². The Morgan fingerprint density at radius 3 is 1.88 bits per heavy atom. The molecule has 0 aliphatic heterocycles. The Labute approximate surface area is 53.8 Å². The third-order valence-electron chi connectivity index (χ3n) is 0.730. The van der Waals surface area contributed by atoms with Crippen molar-refractivity contribution in [3.8, 4) is 0 Å². The predicted molar refractivity (Wildman–Crippen MR) is 35.4 cm³/mol. The molecule has 0 saturated heterocycles. The van der Waals surface area contributed by atoms with Gasteiger partial charge in [0, 0.05) is 14.2 Å². The lowest BCUT2D eigenvalue weighted by Crippen LogP contribution is -1.91. The van der Waals surface area contributed by atoms with Crippen LogP contribution >= 0.6 is 6.49 Å². The highest BCUT2D eigenvalue weighted by molar-refractivity contribution is 8.09. The van der Waals surface area contributed by atoms with Gasteiger partial charge in [0.2, 0.25) is 6.49 Å². The molecule has 0 aliphatic rings. The summed E-state index contributed by atoms with van der Waals surface area (Å²) in [4.78, 5) is 0. The van der Waals surface area contributed by atoms with Crippen LogP contribution in [-0.4, -0.2) is 25.7 Å². The first-order valence-electron chi connectivity index (χ1n) is 2.00. The van der Waals surface area contributed by atoms with Crippen LogP contribution in [0, 0.1) is 0 Å². The second-order valence-electron chi connectivity index (χ2n) is 1.12. The molecule has 0 spiro atoms. The van der Waals surface area contributed by atoms with E-state index in [0.29, 0.717) is 0 Å². The summed E-state index contributed by atoms with van der Waals surface area (Å²) in [5, 5.41) is 8.48. The van der Waals surface area contributed by atoms with Crippen molar-refractivity contribution < 1.29 is 14.2 Å². The lowest BCUT2D eigenvalue weighted by Gasteiger charge is -2.12. The molecular weight excluding hydrogens is 147 g/mol. The van der Waals surface area contributed by atoms with Crippen molar-refractivity contribution in [1.82, 2.24) is 0 Å². The predicted octanol–water partition coefficient (Wildman–Crippen LogP) is 0.538. The molecule has 5 heteroatoms. The fourth-order valence-corrected chi connectivity index (χ4v) is 0.570. The molecule has 0 bridgehead atoms. The van der Waals surface area contributed by atoms with Crippen LogP contribution in [0.15, 0.2) is 0 Å². The van der Waals surface area contributed by atoms with Crippen LogP contribution in [0.25, 0.3) is 0 Å². The normalized spacial score (nSPS) is 11.9. The van der Waals surface area contributed by atoms with Crippen molar-refractivity contribution in [1.29, 1.82) is 0 Å². The van der Waals surface area contributed by atoms with Crippen LogP contribution in [-0.2, 0) is 20.9 Å². The first-order chi connectivity index (χ1) is 3.68. The Hall–Kier alpha value is 0.530. The zero-order valence-corrected chi connectivity index (χ0v) is 6.54. The molecule has 0 fully saturated rings. The number of aliphatic hydroxyl groups excluding tert-OH is 1. The fourth-order valence-electron chi connectivity index (χ4n) is 0.190. The van der Waals surface area contributed by atoms with E-state index in [1.807, 2.05) is 0 Å². The van der Waals surface area contributed by atoms with E-state index < -0.39 is 6.49 Å². The molecule has 1 N–H and O–H groups in total. The molecular formula is C3H9O3PS. The molecule has 3 nitrogen and oxygen atoms in total. The zero-order chi connectivity index (χ0) is 6.62. The molecule has 0 radical (unpaired) electrons. The van der Waals surface area contributed by atoms with E-state index in [9.17, 15) is 0 Å². The molecule has 0 aromatic heterocycles. The molecule has 0 heterocycles. The molecule has 0 rings (SSSR count). The standard InChI is InChI=1S/C3H9O3PS/c1-5-7(8,3-4)6-2/h4H,3H2,1-2H3. The van der Waals surface area contributed by atoms with Crippen molar-refractivity contribution in [2.24, 2.45) is 0 Å². The minimum absolute atomic E-state index is 0.199. The highest BCUT2D eigenvalue weighted by Crippen LogP contribution is 2.44. The summed E-state index contributed by atoms with van der Waals surface area (Å²) in [7, 11) is 2.86. The van der Waals surface area contributed by atoms with Gasteiger partial charge in [-0.3, -0.25) is 0 Å². The summed E-state index contributed by atoms with van der Waals surface area (Å²) in [5.41, 5.74) is 0. The Kier molecular flexibility index (Phi) is 3.77. The molecule has 0 unspecified atom stereocenters. The highest BCUT2D eigenvalue weighted by Gasteiger charge is 2.11. The quantitative estimate of drug-likeness (QED) is 0.605. The van der Waals surface area contributed by atoms with Gasteiger partial charge in [-0.05, 0) is 11.8 Å². The lowest BCUT2D eigenvalue weighted by atomic mass is 11.7. The molecule has 8 heavy (non-hydrogen) atoms. The van der Waals surface area contributed by atoms with Crippen LogP contribution in [0.1, 0.15) is 0 Å². The van der Waals surface area contributed by atoms with Crippen molar-refractivity contribution in [3.63, 3.8) is 0 Å². The second-order valence-corrected chi connectivity index (χ2v) is 5.02. The van der Waals surface area contributed by atoms with E-state index >= 15 is 0 Å². The van der Waals surface area contributed by atoms with Gasteiger partial charge < -0.3 is 14.2 Å². The first kappa shape index (κ1) is 8.53. The Bertz CT molecular complexity index is 85.7. The van der Waals surface area contributed by atoms with Crippen molar-refractivity contribution in [3.05, 3.63) is 0 Å². The van der Waals surface area contributed by atoms with E-state index in [0.717, 1.165) is 0 Å². The fraction of sp³-hybridized carbons (Fsp3) is 1.00. The van der Waals surface area contributed by atoms with Gasteiger partial charge in [-0.25, -0.2) is 0 Å².